The minimum Gasteiger partial charge on any atom is -0.487 e. The van der Waals surface area contributed by atoms with Crippen molar-refractivity contribution in [2.45, 2.75) is 13.5 Å². The molecule has 0 bridgehead atoms. The Balaban J connectivity index is 1.21. The monoisotopic (exact) mass is 439 g/mol. The van der Waals surface area contributed by atoms with Crippen molar-refractivity contribution < 1.29 is 19.0 Å². The Kier molecular flexibility index (Phi) is 5.59. The standard InChI is InChI=1S/C26H21N3O4/c1-17(21-11-12-22-24(14-21)33-16-32-22)28-29-26(30)20-9-7-18(8-10-20)15-31-23-6-2-4-19-5-3-13-27-25(19)23/h2-14H,15-16H2,1H3,(H,29,30)/b28-17+. The summed E-state index contributed by atoms with van der Waals surface area (Å²) >= 11 is 0. The molecule has 2 heterocycles. The minimum atomic E-state index is -0.291. The molecule has 0 saturated carbocycles. The van der Waals surface area contributed by atoms with E-state index >= 15 is 0 Å². The average Bonchev–Trinajstić information content (AvgIpc) is 3.34. The number of nitrogens with one attached hydrogen (secondary N) is 1. The van der Waals surface area contributed by atoms with Gasteiger partial charge in [-0.1, -0.05) is 30.3 Å². The zero-order valence-electron chi connectivity index (χ0n) is 17.9. The summed E-state index contributed by atoms with van der Waals surface area (Å²) in [5.41, 5.74) is 6.38. The second-order valence-corrected chi connectivity index (χ2v) is 7.52. The Hall–Kier alpha value is -4.39. The average molecular weight is 439 g/mol. The van der Waals surface area contributed by atoms with Crippen LogP contribution in [0.25, 0.3) is 10.9 Å². The molecule has 5 rings (SSSR count). The maximum Gasteiger partial charge on any atom is 0.271 e. The Morgan fingerprint density at radius 3 is 2.67 bits per heavy atom. The number of carbonyl (C=O) groups is 1. The van der Waals surface area contributed by atoms with E-state index in [4.69, 9.17) is 14.2 Å². The summed E-state index contributed by atoms with van der Waals surface area (Å²) in [5.74, 6) is 1.81. The lowest BCUT2D eigenvalue weighted by Crippen LogP contribution is -2.19. The van der Waals surface area contributed by atoms with Gasteiger partial charge in [-0.2, -0.15) is 5.10 Å². The lowest BCUT2D eigenvalue weighted by molar-refractivity contribution is 0.0954. The van der Waals surface area contributed by atoms with Gasteiger partial charge in [0.2, 0.25) is 6.79 Å². The molecule has 164 valence electrons. The van der Waals surface area contributed by atoms with Crippen molar-refractivity contribution in [3.63, 3.8) is 0 Å². The molecule has 1 amide bonds. The molecule has 0 radical (unpaired) electrons. The number of hydrogen-bond donors (Lipinski definition) is 1. The van der Waals surface area contributed by atoms with Crippen molar-refractivity contribution in [3.8, 4) is 17.2 Å². The van der Waals surface area contributed by atoms with Crippen molar-refractivity contribution in [2.75, 3.05) is 6.79 Å². The third-order valence-corrected chi connectivity index (χ3v) is 5.32. The molecule has 0 fully saturated rings. The van der Waals surface area contributed by atoms with E-state index in [1.807, 2.05) is 67.6 Å². The van der Waals surface area contributed by atoms with Gasteiger partial charge in [-0.15, -0.1) is 0 Å². The highest BCUT2D eigenvalue weighted by atomic mass is 16.7. The number of amides is 1. The van der Waals surface area contributed by atoms with Crippen molar-refractivity contribution in [1.82, 2.24) is 10.4 Å². The first kappa shape index (κ1) is 20.5. The Bertz CT molecular complexity index is 1340. The fourth-order valence-corrected chi connectivity index (χ4v) is 3.49. The minimum absolute atomic E-state index is 0.214. The fourth-order valence-electron chi connectivity index (χ4n) is 3.49. The van der Waals surface area contributed by atoms with Gasteiger partial charge in [-0.05, 0) is 55.0 Å². The Morgan fingerprint density at radius 2 is 1.79 bits per heavy atom. The van der Waals surface area contributed by atoms with Gasteiger partial charge >= 0.3 is 0 Å². The van der Waals surface area contributed by atoms with Crippen LogP contribution in [0.5, 0.6) is 17.2 Å². The van der Waals surface area contributed by atoms with Crippen LogP contribution in [0.2, 0.25) is 0 Å². The highest BCUT2D eigenvalue weighted by Gasteiger charge is 2.14. The molecule has 1 aliphatic rings. The van der Waals surface area contributed by atoms with E-state index < -0.39 is 0 Å². The molecule has 1 aliphatic heterocycles. The first-order valence-corrected chi connectivity index (χ1v) is 10.5. The number of hydrazone groups is 1. The number of para-hydroxylation sites is 1. The third-order valence-electron chi connectivity index (χ3n) is 5.32. The van der Waals surface area contributed by atoms with Crippen LogP contribution in [-0.2, 0) is 6.61 Å². The predicted molar refractivity (Wildman–Crippen MR) is 125 cm³/mol. The van der Waals surface area contributed by atoms with Crippen LogP contribution in [0.3, 0.4) is 0 Å². The maximum atomic E-state index is 12.5. The lowest BCUT2D eigenvalue weighted by Gasteiger charge is -2.09. The molecule has 0 atom stereocenters. The van der Waals surface area contributed by atoms with Gasteiger partial charge in [-0.3, -0.25) is 9.78 Å². The smallest absolute Gasteiger partial charge is 0.271 e. The van der Waals surface area contributed by atoms with Gasteiger partial charge in [0.05, 0.1) is 5.71 Å². The quantitative estimate of drug-likeness (QED) is 0.348. The molecule has 7 nitrogen and oxygen atoms in total. The van der Waals surface area contributed by atoms with E-state index in [9.17, 15) is 4.79 Å². The van der Waals surface area contributed by atoms with E-state index in [2.05, 4.69) is 15.5 Å². The molecule has 4 aromatic rings. The molecule has 0 aliphatic carbocycles. The molecule has 0 saturated heterocycles. The number of hydrogen-bond acceptors (Lipinski definition) is 6. The molecular weight excluding hydrogens is 418 g/mol. The number of rotatable bonds is 6. The molecule has 0 spiro atoms. The Labute approximate surface area is 190 Å². The number of carbonyl (C=O) groups excluding carboxylic acids is 1. The summed E-state index contributed by atoms with van der Waals surface area (Å²) < 4.78 is 16.7. The van der Waals surface area contributed by atoms with Gasteiger partial charge in [0.15, 0.2) is 11.5 Å². The molecule has 0 unspecified atom stereocenters. The van der Waals surface area contributed by atoms with E-state index in [0.717, 1.165) is 27.8 Å². The molecular formula is C26H21N3O4. The number of fused-ring (bicyclic) bond motifs is 2. The van der Waals surface area contributed by atoms with E-state index in [1.54, 1.807) is 18.3 Å². The SMILES string of the molecule is C/C(=N\NC(=O)c1ccc(COc2cccc3cccnc23)cc1)c1ccc2c(c1)OCO2. The maximum absolute atomic E-state index is 12.5. The van der Waals surface area contributed by atoms with Crippen molar-refractivity contribution >= 4 is 22.5 Å². The fraction of sp³-hybridized carbons (Fsp3) is 0.115. The molecule has 1 N–H and O–H groups in total. The van der Waals surface area contributed by atoms with Crippen LogP contribution in [0.1, 0.15) is 28.4 Å². The highest BCUT2D eigenvalue weighted by molar-refractivity contribution is 6.01. The van der Waals surface area contributed by atoms with Crippen molar-refractivity contribution in [2.24, 2.45) is 5.10 Å². The van der Waals surface area contributed by atoms with Gasteiger partial charge in [0.25, 0.3) is 5.91 Å². The first-order valence-electron chi connectivity index (χ1n) is 10.5. The van der Waals surface area contributed by atoms with Crippen LogP contribution in [0, 0.1) is 0 Å². The van der Waals surface area contributed by atoms with E-state index in [1.165, 1.54) is 0 Å². The number of pyridine rings is 1. The van der Waals surface area contributed by atoms with Crippen LogP contribution < -0.4 is 19.6 Å². The Morgan fingerprint density at radius 1 is 1.00 bits per heavy atom. The number of ether oxygens (including phenoxy) is 3. The van der Waals surface area contributed by atoms with Crippen LogP contribution >= 0.6 is 0 Å². The van der Waals surface area contributed by atoms with E-state index in [0.29, 0.717) is 29.4 Å². The second kappa shape index (κ2) is 9.00. The first-order chi connectivity index (χ1) is 16.2. The van der Waals surface area contributed by atoms with E-state index in [-0.39, 0.29) is 12.7 Å². The normalized spacial score (nSPS) is 12.6. The topological polar surface area (TPSA) is 82.0 Å². The molecule has 33 heavy (non-hydrogen) atoms. The summed E-state index contributed by atoms with van der Waals surface area (Å²) in [6, 6.07) is 22.5. The predicted octanol–water partition coefficient (Wildman–Crippen LogP) is 4.70. The summed E-state index contributed by atoms with van der Waals surface area (Å²) in [4.78, 5) is 16.9. The number of aromatic nitrogens is 1. The number of benzene rings is 3. The molecule has 3 aromatic carbocycles. The largest absolute Gasteiger partial charge is 0.487 e. The molecule has 7 heteroatoms. The van der Waals surface area contributed by atoms with Crippen LogP contribution in [0.4, 0.5) is 0 Å². The third kappa shape index (κ3) is 4.48. The van der Waals surface area contributed by atoms with Gasteiger partial charge < -0.3 is 14.2 Å². The van der Waals surface area contributed by atoms with Crippen molar-refractivity contribution in [1.29, 1.82) is 0 Å². The zero-order chi connectivity index (χ0) is 22.6. The summed E-state index contributed by atoms with van der Waals surface area (Å²) in [7, 11) is 0. The van der Waals surface area contributed by atoms with Crippen LogP contribution in [0.15, 0.2) is 84.1 Å². The highest BCUT2D eigenvalue weighted by Crippen LogP contribution is 2.32. The summed E-state index contributed by atoms with van der Waals surface area (Å²) in [6.07, 6.45) is 1.75. The zero-order valence-corrected chi connectivity index (χ0v) is 17.9. The summed E-state index contributed by atoms with van der Waals surface area (Å²) in [6.45, 7) is 2.41. The molecule has 1 aromatic heterocycles. The van der Waals surface area contributed by atoms with Gasteiger partial charge in [0, 0.05) is 22.7 Å². The lowest BCUT2D eigenvalue weighted by atomic mass is 10.1. The number of nitrogens with zero attached hydrogens (tertiary/aromatic N) is 2. The van der Waals surface area contributed by atoms with Crippen molar-refractivity contribution in [3.05, 3.63) is 95.7 Å². The van der Waals surface area contributed by atoms with Gasteiger partial charge in [-0.25, -0.2) is 5.43 Å². The second-order valence-electron chi connectivity index (χ2n) is 7.52. The summed E-state index contributed by atoms with van der Waals surface area (Å²) in [5, 5.41) is 5.24. The van der Waals surface area contributed by atoms with Gasteiger partial charge in [0.1, 0.15) is 17.9 Å². The van der Waals surface area contributed by atoms with Crippen LogP contribution in [-0.4, -0.2) is 23.4 Å².